The summed E-state index contributed by atoms with van der Waals surface area (Å²) in [4.78, 5) is 11.4. The summed E-state index contributed by atoms with van der Waals surface area (Å²) in [5, 5.41) is 0. The van der Waals surface area contributed by atoms with E-state index in [-0.39, 0.29) is 11.6 Å². The van der Waals surface area contributed by atoms with Crippen LogP contribution in [0.1, 0.15) is 46.5 Å². The van der Waals surface area contributed by atoms with Crippen molar-refractivity contribution >= 4 is 5.97 Å². The summed E-state index contributed by atoms with van der Waals surface area (Å²) in [7, 11) is 0. The van der Waals surface area contributed by atoms with Crippen molar-refractivity contribution in [2.75, 3.05) is 0 Å². The highest BCUT2D eigenvalue weighted by Gasteiger charge is 2.32. The molecule has 0 N–H and O–H groups in total. The van der Waals surface area contributed by atoms with Gasteiger partial charge in [0.25, 0.3) is 0 Å². The maximum Gasteiger partial charge on any atom is 0.333 e. The molecule has 0 atom stereocenters. The Morgan fingerprint density at radius 1 is 1.38 bits per heavy atom. The first-order valence-corrected chi connectivity index (χ1v) is 4.94. The van der Waals surface area contributed by atoms with Crippen LogP contribution in [0.25, 0.3) is 0 Å². The predicted molar refractivity (Wildman–Crippen MR) is 52.4 cm³/mol. The lowest BCUT2D eigenvalue weighted by Crippen LogP contribution is -2.28. The summed E-state index contributed by atoms with van der Waals surface area (Å²) in [6, 6.07) is 0. The van der Waals surface area contributed by atoms with Crippen LogP contribution in [-0.2, 0) is 9.53 Å². The first-order valence-electron chi connectivity index (χ1n) is 4.94. The van der Waals surface area contributed by atoms with Gasteiger partial charge in [0.15, 0.2) is 0 Å². The fraction of sp³-hybridized carbons (Fsp3) is 0.727. The van der Waals surface area contributed by atoms with Crippen LogP contribution in [0.3, 0.4) is 0 Å². The second-order valence-electron chi connectivity index (χ2n) is 4.02. The minimum absolute atomic E-state index is 0.160. The minimum Gasteiger partial charge on any atom is -0.456 e. The molecule has 2 nitrogen and oxygen atoms in total. The molecule has 74 valence electrons. The zero-order valence-electron chi connectivity index (χ0n) is 8.72. The van der Waals surface area contributed by atoms with Crippen LogP contribution in [0, 0.1) is 0 Å². The summed E-state index contributed by atoms with van der Waals surface area (Å²) < 4.78 is 5.44. The van der Waals surface area contributed by atoms with Gasteiger partial charge in [-0.2, -0.15) is 0 Å². The van der Waals surface area contributed by atoms with Gasteiger partial charge in [-0.1, -0.05) is 6.08 Å². The topological polar surface area (TPSA) is 26.3 Å². The standard InChI is InChI=1S/C11H18O2/c1-4-9(2)10(12)13-11(3)7-5-6-8-11/h4H,5-8H2,1-3H3/b9-4-. The third kappa shape index (κ3) is 2.58. The van der Waals surface area contributed by atoms with Gasteiger partial charge >= 0.3 is 5.97 Å². The summed E-state index contributed by atoms with van der Waals surface area (Å²) in [5.41, 5.74) is 0.509. The van der Waals surface area contributed by atoms with Crippen LogP contribution in [0.2, 0.25) is 0 Å². The number of carbonyl (C=O) groups excluding carboxylic acids is 1. The molecular formula is C11H18O2. The molecule has 0 aromatic heterocycles. The molecule has 0 aromatic rings. The summed E-state index contributed by atoms with van der Waals surface area (Å²) in [6.07, 6.45) is 6.17. The smallest absolute Gasteiger partial charge is 0.333 e. The van der Waals surface area contributed by atoms with Gasteiger partial charge in [0.2, 0.25) is 0 Å². The lowest BCUT2D eigenvalue weighted by molar-refractivity contribution is -0.152. The van der Waals surface area contributed by atoms with Crippen LogP contribution in [-0.4, -0.2) is 11.6 Å². The van der Waals surface area contributed by atoms with Crippen molar-refractivity contribution in [2.45, 2.75) is 52.1 Å². The lowest BCUT2D eigenvalue weighted by Gasteiger charge is -2.24. The highest BCUT2D eigenvalue weighted by atomic mass is 16.6. The molecule has 13 heavy (non-hydrogen) atoms. The van der Waals surface area contributed by atoms with Crippen LogP contribution < -0.4 is 0 Å². The van der Waals surface area contributed by atoms with Gasteiger partial charge in [-0.15, -0.1) is 0 Å². The Labute approximate surface area is 80.0 Å². The van der Waals surface area contributed by atoms with Crippen molar-refractivity contribution in [3.63, 3.8) is 0 Å². The van der Waals surface area contributed by atoms with Gasteiger partial charge in [-0.3, -0.25) is 0 Å². The molecule has 0 aromatic carbocycles. The van der Waals surface area contributed by atoms with Gasteiger partial charge in [-0.25, -0.2) is 4.79 Å². The van der Waals surface area contributed by atoms with Crippen molar-refractivity contribution in [3.8, 4) is 0 Å². The highest BCUT2D eigenvalue weighted by Crippen LogP contribution is 2.33. The van der Waals surface area contributed by atoms with E-state index in [0.29, 0.717) is 5.57 Å². The summed E-state index contributed by atoms with van der Waals surface area (Å²) in [5.74, 6) is -0.160. The molecule has 0 heterocycles. The molecule has 0 aliphatic heterocycles. The second-order valence-corrected chi connectivity index (χ2v) is 4.02. The molecular weight excluding hydrogens is 164 g/mol. The van der Waals surface area contributed by atoms with Crippen molar-refractivity contribution in [1.82, 2.24) is 0 Å². The molecule has 1 rings (SSSR count). The molecule has 0 spiro atoms. The first kappa shape index (κ1) is 10.3. The SMILES string of the molecule is C/C=C(/C)C(=O)OC1(C)CCCC1. The van der Waals surface area contributed by atoms with Gasteiger partial charge in [0.1, 0.15) is 5.60 Å². The number of allylic oxidation sites excluding steroid dienone is 1. The summed E-state index contributed by atoms with van der Waals surface area (Å²) >= 11 is 0. The molecule has 0 unspecified atom stereocenters. The Morgan fingerprint density at radius 3 is 2.38 bits per heavy atom. The highest BCUT2D eigenvalue weighted by molar-refractivity contribution is 5.87. The van der Waals surface area contributed by atoms with Crippen LogP contribution in [0.5, 0.6) is 0 Å². The van der Waals surface area contributed by atoms with Crippen molar-refractivity contribution in [2.24, 2.45) is 0 Å². The van der Waals surface area contributed by atoms with E-state index >= 15 is 0 Å². The maximum atomic E-state index is 11.4. The van der Waals surface area contributed by atoms with E-state index < -0.39 is 0 Å². The third-order valence-electron chi connectivity index (χ3n) is 2.76. The fourth-order valence-corrected chi connectivity index (χ4v) is 1.65. The molecule has 1 saturated carbocycles. The van der Waals surface area contributed by atoms with E-state index in [1.165, 1.54) is 12.8 Å². The zero-order chi connectivity index (χ0) is 9.90. The van der Waals surface area contributed by atoms with Crippen LogP contribution in [0.15, 0.2) is 11.6 Å². The molecule has 0 amide bonds. The number of rotatable bonds is 2. The Kier molecular flexibility index (Phi) is 3.12. The van der Waals surface area contributed by atoms with Crippen molar-refractivity contribution in [1.29, 1.82) is 0 Å². The predicted octanol–water partition coefficient (Wildman–Crippen LogP) is 2.83. The molecule has 1 fully saturated rings. The molecule has 0 radical (unpaired) electrons. The van der Waals surface area contributed by atoms with Crippen LogP contribution in [0.4, 0.5) is 0 Å². The number of ether oxygens (including phenoxy) is 1. The fourth-order valence-electron chi connectivity index (χ4n) is 1.65. The van der Waals surface area contributed by atoms with E-state index in [2.05, 4.69) is 0 Å². The van der Waals surface area contributed by atoms with Gasteiger partial charge < -0.3 is 4.74 Å². The Bertz CT molecular complexity index is 222. The van der Waals surface area contributed by atoms with Gasteiger partial charge in [0, 0.05) is 5.57 Å². The normalized spacial score (nSPS) is 21.6. The van der Waals surface area contributed by atoms with E-state index in [0.717, 1.165) is 12.8 Å². The number of hydrogen-bond donors (Lipinski definition) is 0. The molecule has 2 heteroatoms. The average molecular weight is 182 g/mol. The molecule has 0 saturated heterocycles. The monoisotopic (exact) mass is 182 g/mol. The number of carbonyl (C=O) groups is 1. The Morgan fingerprint density at radius 2 is 1.92 bits per heavy atom. The number of esters is 1. The molecule has 1 aliphatic rings. The van der Waals surface area contributed by atoms with E-state index in [9.17, 15) is 4.79 Å². The second kappa shape index (κ2) is 3.95. The molecule has 1 aliphatic carbocycles. The lowest BCUT2D eigenvalue weighted by atomic mass is 10.1. The van der Waals surface area contributed by atoms with Gasteiger partial charge in [0.05, 0.1) is 0 Å². The van der Waals surface area contributed by atoms with E-state index in [1.807, 2.05) is 13.8 Å². The van der Waals surface area contributed by atoms with E-state index in [4.69, 9.17) is 4.74 Å². The third-order valence-corrected chi connectivity index (χ3v) is 2.76. The number of hydrogen-bond acceptors (Lipinski definition) is 2. The van der Waals surface area contributed by atoms with Crippen molar-refractivity contribution < 1.29 is 9.53 Å². The largest absolute Gasteiger partial charge is 0.456 e. The maximum absolute atomic E-state index is 11.4. The minimum atomic E-state index is -0.193. The Balaban J connectivity index is 2.53. The molecule has 0 bridgehead atoms. The van der Waals surface area contributed by atoms with Crippen LogP contribution >= 0.6 is 0 Å². The Hall–Kier alpha value is -0.790. The first-order chi connectivity index (χ1) is 6.07. The quantitative estimate of drug-likeness (QED) is 0.485. The van der Waals surface area contributed by atoms with Gasteiger partial charge in [-0.05, 0) is 46.5 Å². The van der Waals surface area contributed by atoms with E-state index in [1.54, 1.807) is 13.0 Å². The average Bonchev–Trinajstić information content (AvgIpc) is 2.50. The zero-order valence-corrected chi connectivity index (χ0v) is 8.72. The summed E-state index contributed by atoms with van der Waals surface area (Å²) in [6.45, 7) is 5.68. The van der Waals surface area contributed by atoms with Crippen molar-refractivity contribution in [3.05, 3.63) is 11.6 Å².